The summed E-state index contributed by atoms with van der Waals surface area (Å²) in [6.45, 7) is 3.47. The molecule has 2 N–H and O–H groups in total. The third kappa shape index (κ3) is 2.85. The van der Waals surface area contributed by atoms with Gasteiger partial charge in [-0.3, -0.25) is 4.79 Å². The Morgan fingerprint density at radius 3 is 2.93 bits per heavy atom. The quantitative estimate of drug-likeness (QED) is 0.696. The molecule has 0 aromatic carbocycles. The first-order chi connectivity index (χ1) is 6.63. The van der Waals surface area contributed by atoms with Gasteiger partial charge in [0.2, 0.25) is 0 Å². The number of H-pyrrole nitrogens is 1. The number of nitrogens with one attached hydrogen (secondary N) is 2. The smallest absolute Gasteiger partial charge is 0.252 e. The van der Waals surface area contributed by atoms with Gasteiger partial charge in [0.25, 0.3) is 5.56 Å². The summed E-state index contributed by atoms with van der Waals surface area (Å²) in [7, 11) is 3.81. The van der Waals surface area contributed by atoms with Gasteiger partial charge in [-0.25, -0.2) is 4.98 Å². The van der Waals surface area contributed by atoms with Crippen LogP contribution in [-0.4, -0.2) is 37.2 Å². The lowest BCUT2D eigenvalue weighted by atomic mass is 10.4. The van der Waals surface area contributed by atoms with Gasteiger partial charge in [-0.05, 0) is 14.0 Å². The third-order valence-corrected chi connectivity index (χ3v) is 1.93. The lowest BCUT2D eigenvalue weighted by molar-refractivity contribution is 0.757. The Kier molecular flexibility index (Phi) is 3.64. The Labute approximate surface area is 83.2 Å². The topological polar surface area (TPSA) is 61.0 Å². The minimum atomic E-state index is -0.108. The van der Waals surface area contributed by atoms with Crippen LogP contribution in [0, 0.1) is 6.92 Å². The molecular formula is C9H16N4O. The second kappa shape index (κ2) is 4.76. The molecule has 0 amide bonds. The molecule has 0 atom stereocenters. The number of likely N-dealkylation sites (N-methyl/N-ethyl adjacent to an activating group) is 2. The molecule has 0 aliphatic heterocycles. The van der Waals surface area contributed by atoms with Crippen molar-refractivity contribution in [3.05, 3.63) is 22.2 Å². The molecule has 0 saturated carbocycles. The first kappa shape index (κ1) is 10.7. The standard InChI is InChI=1S/C9H16N4O/c1-7-11-8(6-9(14)12-7)13(3)5-4-10-2/h6,10H,4-5H2,1-3H3,(H,11,12,14). The average Bonchev–Trinajstić information content (AvgIpc) is 2.12. The second-order valence-corrected chi connectivity index (χ2v) is 3.21. The van der Waals surface area contributed by atoms with Crippen LogP contribution < -0.4 is 15.8 Å². The number of anilines is 1. The summed E-state index contributed by atoms with van der Waals surface area (Å²) < 4.78 is 0. The first-order valence-corrected chi connectivity index (χ1v) is 4.57. The monoisotopic (exact) mass is 196 g/mol. The molecule has 1 heterocycles. The van der Waals surface area contributed by atoms with E-state index >= 15 is 0 Å². The minimum absolute atomic E-state index is 0.108. The molecule has 14 heavy (non-hydrogen) atoms. The third-order valence-electron chi connectivity index (χ3n) is 1.93. The zero-order valence-electron chi connectivity index (χ0n) is 8.79. The highest BCUT2D eigenvalue weighted by atomic mass is 16.1. The average molecular weight is 196 g/mol. The van der Waals surface area contributed by atoms with Crippen molar-refractivity contribution in [2.24, 2.45) is 0 Å². The maximum absolute atomic E-state index is 11.2. The lowest BCUT2D eigenvalue weighted by Gasteiger charge is -2.17. The summed E-state index contributed by atoms with van der Waals surface area (Å²) in [5.41, 5.74) is -0.108. The van der Waals surface area contributed by atoms with E-state index in [4.69, 9.17) is 0 Å². The molecule has 0 radical (unpaired) electrons. The summed E-state index contributed by atoms with van der Waals surface area (Å²) in [6, 6.07) is 1.50. The van der Waals surface area contributed by atoms with Crippen LogP contribution >= 0.6 is 0 Å². The summed E-state index contributed by atoms with van der Waals surface area (Å²) in [4.78, 5) is 19.9. The van der Waals surface area contributed by atoms with Gasteiger partial charge in [0.1, 0.15) is 11.6 Å². The molecule has 0 saturated heterocycles. The first-order valence-electron chi connectivity index (χ1n) is 4.57. The molecule has 0 unspecified atom stereocenters. The van der Waals surface area contributed by atoms with E-state index in [1.165, 1.54) is 6.07 Å². The zero-order valence-corrected chi connectivity index (χ0v) is 8.79. The molecule has 0 fully saturated rings. The molecule has 0 aliphatic carbocycles. The second-order valence-electron chi connectivity index (χ2n) is 3.21. The molecule has 0 spiro atoms. The van der Waals surface area contributed by atoms with Crippen molar-refractivity contribution in [3.63, 3.8) is 0 Å². The Morgan fingerprint density at radius 1 is 1.64 bits per heavy atom. The number of aromatic amines is 1. The summed E-state index contributed by atoms with van der Waals surface area (Å²) >= 11 is 0. The minimum Gasteiger partial charge on any atom is -0.358 e. The van der Waals surface area contributed by atoms with Gasteiger partial charge in [0, 0.05) is 26.2 Å². The van der Waals surface area contributed by atoms with Gasteiger partial charge >= 0.3 is 0 Å². The number of aryl methyl sites for hydroxylation is 1. The zero-order chi connectivity index (χ0) is 10.6. The van der Waals surface area contributed by atoms with Crippen LogP contribution in [0.25, 0.3) is 0 Å². The van der Waals surface area contributed by atoms with Crippen LogP contribution in [0.1, 0.15) is 5.82 Å². The van der Waals surface area contributed by atoms with E-state index in [2.05, 4.69) is 15.3 Å². The Balaban J connectivity index is 2.79. The Hall–Kier alpha value is -1.36. The predicted octanol–water partition coefficient (Wildman–Crippen LogP) is -0.266. The van der Waals surface area contributed by atoms with E-state index in [9.17, 15) is 4.79 Å². The van der Waals surface area contributed by atoms with Crippen molar-refractivity contribution >= 4 is 5.82 Å². The number of aromatic nitrogens is 2. The fraction of sp³-hybridized carbons (Fsp3) is 0.556. The summed E-state index contributed by atoms with van der Waals surface area (Å²) in [5.74, 6) is 1.35. The highest BCUT2D eigenvalue weighted by molar-refractivity contribution is 5.35. The molecular weight excluding hydrogens is 180 g/mol. The van der Waals surface area contributed by atoms with Gasteiger partial charge in [0.05, 0.1) is 0 Å². The maximum Gasteiger partial charge on any atom is 0.252 e. The molecule has 1 aromatic heterocycles. The van der Waals surface area contributed by atoms with Crippen molar-refractivity contribution in [1.29, 1.82) is 0 Å². The molecule has 0 bridgehead atoms. The SMILES string of the molecule is CNCCN(C)c1cc(=O)[nH]c(C)n1. The molecule has 1 rings (SSSR count). The number of hydrogen-bond donors (Lipinski definition) is 2. The van der Waals surface area contributed by atoms with Gasteiger partial charge in [-0.2, -0.15) is 0 Å². The number of nitrogens with zero attached hydrogens (tertiary/aromatic N) is 2. The molecule has 1 aromatic rings. The van der Waals surface area contributed by atoms with E-state index < -0.39 is 0 Å². The van der Waals surface area contributed by atoms with Crippen LogP contribution in [0.15, 0.2) is 10.9 Å². The van der Waals surface area contributed by atoms with Crippen molar-refractivity contribution in [2.75, 3.05) is 32.1 Å². The largest absolute Gasteiger partial charge is 0.358 e. The van der Waals surface area contributed by atoms with E-state index in [1.54, 1.807) is 6.92 Å². The van der Waals surface area contributed by atoms with Crippen LogP contribution in [0.4, 0.5) is 5.82 Å². The van der Waals surface area contributed by atoms with Crippen LogP contribution in [-0.2, 0) is 0 Å². The Bertz CT molecular complexity index is 347. The molecule has 5 heteroatoms. The molecule has 0 aliphatic rings. The van der Waals surface area contributed by atoms with E-state index in [-0.39, 0.29) is 5.56 Å². The van der Waals surface area contributed by atoms with Crippen LogP contribution in [0.2, 0.25) is 0 Å². The van der Waals surface area contributed by atoms with Gasteiger partial charge < -0.3 is 15.2 Å². The van der Waals surface area contributed by atoms with E-state index in [0.29, 0.717) is 11.6 Å². The van der Waals surface area contributed by atoms with Crippen molar-refractivity contribution in [2.45, 2.75) is 6.92 Å². The van der Waals surface area contributed by atoms with E-state index in [1.807, 2.05) is 19.0 Å². The lowest BCUT2D eigenvalue weighted by Crippen LogP contribution is -2.29. The fourth-order valence-corrected chi connectivity index (χ4v) is 1.15. The van der Waals surface area contributed by atoms with Gasteiger partial charge in [-0.15, -0.1) is 0 Å². The fourth-order valence-electron chi connectivity index (χ4n) is 1.15. The predicted molar refractivity (Wildman–Crippen MR) is 56.8 cm³/mol. The number of hydrogen-bond acceptors (Lipinski definition) is 4. The Morgan fingerprint density at radius 2 is 2.36 bits per heavy atom. The van der Waals surface area contributed by atoms with Crippen LogP contribution in [0.5, 0.6) is 0 Å². The van der Waals surface area contributed by atoms with Crippen molar-refractivity contribution in [3.8, 4) is 0 Å². The summed E-state index contributed by atoms with van der Waals surface area (Å²) in [6.07, 6.45) is 0. The number of rotatable bonds is 4. The molecule has 78 valence electrons. The highest BCUT2D eigenvalue weighted by Crippen LogP contribution is 2.03. The molecule has 5 nitrogen and oxygen atoms in total. The van der Waals surface area contributed by atoms with Crippen molar-refractivity contribution in [1.82, 2.24) is 15.3 Å². The van der Waals surface area contributed by atoms with Gasteiger partial charge in [0.15, 0.2) is 0 Å². The van der Waals surface area contributed by atoms with Gasteiger partial charge in [-0.1, -0.05) is 0 Å². The normalized spacial score (nSPS) is 10.2. The van der Waals surface area contributed by atoms with E-state index in [0.717, 1.165) is 13.1 Å². The van der Waals surface area contributed by atoms with Crippen molar-refractivity contribution < 1.29 is 0 Å². The highest BCUT2D eigenvalue weighted by Gasteiger charge is 2.03. The summed E-state index contributed by atoms with van der Waals surface area (Å²) in [5, 5.41) is 3.04. The van der Waals surface area contributed by atoms with Crippen LogP contribution in [0.3, 0.4) is 0 Å². The maximum atomic E-state index is 11.2.